The molecule has 1 heterocycles. The Morgan fingerprint density at radius 3 is 2.84 bits per heavy atom. The first-order valence-electron chi connectivity index (χ1n) is 6.67. The Morgan fingerprint density at radius 2 is 2.11 bits per heavy atom. The number of hydrogen-bond acceptors (Lipinski definition) is 2. The average molecular weight is 322 g/mol. The summed E-state index contributed by atoms with van der Waals surface area (Å²) in [6, 6.07) is 6.20. The van der Waals surface area contributed by atoms with Gasteiger partial charge in [0.25, 0.3) is 0 Å². The Kier molecular flexibility index (Phi) is 4.64. The van der Waals surface area contributed by atoms with Crippen LogP contribution in [0, 0.1) is 13.8 Å². The van der Waals surface area contributed by atoms with E-state index >= 15 is 0 Å². The van der Waals surface area contributed by atoms with Gasteiger partial charge in [0, 0.05) is 17.2 Å². The molecule has 2 rings (SSSR count). The topological polar surface area (TPSA) is 29.9 Å². The maximum Gasteiger partial charge on any atom is 0.207 e. The lowest BCUT2D eigenvalue weighted by atomic mass is 10.2. The van der Waals surface area contributed by atoms with Crippen molar-refractivity contribution in [2.75, 3.05) is 5.32 Å². The van der Waals surface area contributed by atoms with E-state index in [2.05, 4.69) is 69.0 Å². The highest BCUT2D eigenvalue weighted by atomic mass is 79.9. The van der Waals surface area contributed by atoms with Crippen molar-refractivity contribution < 1.29 is 0 Å². The summed E-state index contributed by atoms with van der Waals surface area (Å²) < 4.78 is 3.28. The summed E-state index contributed by atoms with van der Waals surface area (Å²) in [7, 11) is 0. The summed E-state index contributed by atoms with van der Waals surface area (Å²) in [4.78, 5) is 4.56. The smallest absolute Gasteiger partial charge is 0.207 e. The monoisotopic (exact) mass is 321 g/mol. The number of benzene rings is 1. The van der Waals surface area contributed by atoms with E-state index in [-0.39, 0.29) is 0 Å². The highest BCUT2D eigenvalue weighted by Crippen LogP contribution is 2.28. The number of nitrogens with zero attached hydrogens (tertiary/aromatic N) is 2. The fraction of sp³-hybridized carbons (Fsp3) is 0.400. The van der Waals surface area contributed by atoms with Crippen molar-refractivity contribution in [3.63, 3.8) is 0 Å². The molecule has 0 aliphatic rings. The standard InChI is InChI=1S/C15H20BrN3/c1-4-5-9-19-10-12(3)17-15(19)18-13-8-6-7-11(2)14(13)16/h6-8,10H,4-5,9H2,1-3H3,(H,17,18). The number of rotatable bonds is 5. The lowest BCUT2D eigenvalue weighted by Crippen LogP contribution is -2.03. The predicted molar refractivity (Wildman–Crippen MR) is 84.0 cm³/mol. The molecule has 3 nitrogen and oxygen atoms in total. The number of imidazole rings is 1. The number of aromatic nitrogens is 2. The fourth-order valence-electron chi connectivity index (χ4n) is 2.01. The molecule has 0 saturated heterocycles. The summed E-state index contributed by atoms with van der Waals surface area (Å²) >= 11 is 3.62. The predicted octanol–water partition coefficient (Wildman–Crippen LogP) is 4.81. The molecule has 0 fully saturated rings. The summed E-state index contributed by atoms with van der Waals surface area (Å²) in [6.07, 6.45) is 4.45. The Bertz CT molecular complexity index is 561. The van der Waals surface area contributed by atoms with E-state index in [1.165, 1.54) is 18.4 Å². The van der Waals surface area contributed by atoms with Crippen molar-refractivity contribution in [1.29, 1.82) is 0 Å². The van der Waals surface area contributed by atoms with Crippen LogP contribution in [0.4, 0.5) is 11.6 Å². The normalized spacial score (nSPS) is 10.7. The SMILES string of the molecule is CCCCn1cc(C)nc1Nc1cccc(C)c1Br. The minimum Gasteiger partial charge on any atom is -0.325 e. The van der Waals surface area contributed by atoms with Crippen LogP contribution in [-0.4, -0.2) is 9.55 Å². The first-order chi connectivity index (χ1) is 9.11. The number of anilines is 2. The largest absolute Gasteiger partial charge is 0.325 e. The molecule has 2 aromatic rings. The molecule has 1 aromatic carbocycles. The second kappa shape index (κ2) is 6.24. The van der Waals surface area contributed by atoms with Crippen molar-refractivity contribution in [1.82, 2.24) is 9.55 Å². The summed E-state index contributed by atoms with van der Waals surface area (Å²) in [5.41, 5.74) is 3.32. The molecule has 0 unspecified atom stereocenters. The van der Waals surface area contributed by atoms with Crippen molar-refractivity contribution in [2.24, 2.45) is 0 Å². The van der Waals surface area contributed by atoms with E-state index in [1.807, 2.05) is 6.92 Å². The van der Waals surface area contributed by atoms with E-state index in [0.717, 1.165) is 28.3 Å². The van der Waals surface area contributed by atoms with Crippen LogP contribution >= 0.6 is 15.9 Å². The summed E-state index contributed by atoms with van der Waals surface area (Å²) in [6.45, 7) is 7.32. The van der Waals surface area contributed by atoms with E-state index in [9.17, 15) is 0 Å². The Labute approximate surface area is 123 Å². The first kappa shape index (κ1) is 14.1. The quantitative estimate of drug-likeness (QED) is 0.856. The fourth-order valence-corrected chi connectivity index (χ4v) is 2.37. The van der Waals surface area contributed by atoms with Crippen molar-refractivity contribution in [3.05, 3.63) is 40.1 Å². The number of hydrogen-bond donors (Lipinski definition) is 1. The van der Waals surface area contributed by atoms with Gasteiger partial charge in [-0.25, -0.2) is 4.98 Å². The molecule has 0 saturated carbocycles. The molecule has 0 spiro atoms. The summed E-state index contributed by atoms with van der Waals surface area (Å²) in [5, 5.41) is 3.42. The van der Waals surface area contributed by atoms with Crippen LogP contribution in [-0.2, 0) is 6.54 Å². The minimum atomic E-state index is 0.914. The molecular weight excluding hydrogens is 302 g/mol. The lowest BCUT2D eigenvalue weighted by molar-refractivity contribution is 0.637. The molecule has 102 valence electrons. The molecule has 1 aromatic heterocycles. The van der Waals surface area contributed by atoms with Gasteiger partial charge in [0.1, 0.15) is 0 Å². The zero-order valence-electron chi connectivity index (χ0n) is 11.7. The van der Waals surface area contributed by atoms with Crippen LogP contribution in [0.2, 0.25) is 0 Å². The Balaban J connectivity index is 2.25. The molecule has 0 amide bonds. The van der Waals surface area contributed by atoms with E-state index in [4.69, 9.17) is 0 Å². The third kappa shape index (κ3) is 3.38. The van der Waals surface area contributed by atoms with Crippen molar-refractivity contribution >= 4 is 27.6 Å². The van der Waals surface area contributed by atoms with Crippen molar-refractivity contribution in [2.45, 2.75) is 40.2 Å². The number of halogens is 1. The van der Waals surface area contributed by atoms with Gasteiger partial charge in [-0.1, -0.05) is 25.5 Å². The molecule has 0 atom stereocenters. The number of unbranched alkanes of at least 4 members (excludes halogenated alkanes) is 1. The maximum atomic E-state index is 4.56. The Morgan fingerprint density at radius 1 is 1.32 bits per heavy atom. The second-order valence-corrected chi connectivity index (χ2v) is 5.61. The molecule has 0 aliphatic carbocycles. The van der Waals surface area contributed by atoms with Crippen LogP contribution in [0.15, 0.2) is 28.9 Å². The van der Waals surface area contributed by atoms with Crippen LogP contribution < -0.4 is 5.32 Å². The third-order valence-corrected chi connectivity index (χ3v) is 4.14. The van der Waals surface area contributed by atoms with Gasteiger partial charge in [0.2, 0.25) is 5.95 Å². The van der Waals surface area contributed by atoms with E-state index in [0.29, 0.717) is 0 Å². The highest BCUT2D eigenvalue weighted by molar-refractivity contribution is 9.10. The maximum absolute atomic E-state index is 4.56. The van der Waals surface area contributed by atoms with Gasteiger partial charge in [-0.2, -0.15) is 0 Å². The van der Waals surface area contributed by atoms with Crippen LogP contribution in [0.1, 0.15) is 31.0 Å². The zero-order chi connectivity index (χ0) is 13.8. The molecule has 19 heavy (non-hydrogen) atoms. The molecule has 4 heteroatoms. The highest BCUT2D eigenvalue weighted by Gasteiger charge is 2.08. The molecular formula is C15H20BrN3. The van der Waals surface area contributed by atoms with Gasteiger partial charge in [-0.05, 0) is 47.8 Å². The van der Waals surface area contributed by atoms with Crippen LogP contribution in [0.25, 0.3) is 0 Å². The molecule has 0 bridgehead atoms. The number of nitrogens with one attached hydrogen (secondary N) is 1. The minimum absolute atomic E-state index is 0.914. The third-order valence-electron chi connectivity index (χ3n) is 3.09. The van der Waals surface area contributed by atoms with Crippen LogP contribution in [0.3, 0.4) is 0 Å². The van der Waals surface area contributed by atoms with E-state index in [1.54, 1.807) is 0 Å². The van der Waals surface area contributed by atoms with Gasteiger partial charge in [-0.15, -0.1) is 0 Å². The van der Waals surface area contributed by atoms with E-state index < -0.39 is 0 Å². The van der Waals surface area contributed by atoms with Gasteiger partial charge >= 0.3 is 0 Å². The average Bonchev–Trinajstić information content (AvgIpc) is 2.73. The molecule has 1 N–H and O–H groups in total. The first-order valence-corrected chi connectivity index (χ1v) is 7.47. The Hall–Kier alpha value is -1.29. The second-order valence-electron chi connectivity index (χ2n) is 4.81. The number of aryl methyl sites for hydroxylation is 3. The van der Waals surface area contributed by atoms with Crippen molar-refractivity contribution in [3.8, 4) is 0 Å². The zero-order valence-corrected chi connectivity index (χ0v) is 13.3. The lowest BCUT2D eigenvalue weighted by Gasteiger charge is -2.11. The van der Waals surface area contributed by atoms with Gasteiger partial charge in [0.05, 0.1) is 11.4 Å². The molecule has 0 radical (unpaired) electrons. The summed E-state index contributed by atoms with van der Waals surface area (Å²) in [5.74, 6) is 0.914. The molecule has 0 aliphatic heterocycles. The van der Waals surface area contributed by atoms with Gasteiger partial charge in [-0.3, -0.25) is 0 Å². The van der Waals surface area contributed by atoms with Crippen LogP contribution in [0.5, 0.6) is 0 Å². The van der Waals surface area contributed by atoms with Gasteiger partial charge < -0.3 is 9.88 Å². The van der Waals surface area contributed by atoms with Gasteiger partial charge in [0.15, 0.2) is 0 Å².